The third-order valence-electron chi connectivity index (χ3n) is 7.01. The third-order valence-corrected chi connectivity index (χ3v) is 8.99. The highest BCUT2D eigenvalue weighted by molar-refractivity contribution is 7.89. The van der Waals surface area contributed by atoms with Crippen molar-refractivity contribution in [2.45, 2.75) is 62.0 Å². The summed E-state index contributed by atoms with van der Waals surface area (Å²) >= 11 is 0. The molecule has 2 aliphatic rings. The zero-order chi connectivity index (χ0) is 24.7. The Morgan fingerprint density at radius 2 is 1.86 bits per heavy atom. The quantitative estimate of drug-likeness (QED) is 0.360. The number of rotatable bonds is 6. The first kappa shape index (κ1) is 22.9. The minimum atomic E-state index is -3.59. The molecule has 0 spiro atoms. The van der Waals surface area contributed by atoms with E-state index in [1.54, 1.807) is 22.6 Å². The fourth-order valence-electron chi connectivity index (χ4n) is 5.49. The van der Waals surface area contributed by atoms with Crippen LogP contribution in [0.2, 0.25) is 0 Å². The summed E-state index contributed by atoms with van der Waals surface area (Å²) in [5.41, 5.74) is 1.77. The van der Waals surface area contributed by atoms with Crippen molar-refractivity contribution in [3.05, 3.63) is 60.6 Å². The van der Waals surface area contributed by atoms with E-state index in [0.717, 1.165) is 35.9 Å². The molecule has 4 aromatic rings. The van der Waals surface area contributed by atoms with Crippen LogP contribution >= 0.6 is 0 Å². The average molecular weight is 505 g/mol. The van der Waals surface area contributed by atoms with Gasteiger partial charge in [0.25, 0.3) is 0 Å². The topological polar surface area (TPSA) is 129 Å². The number of fused-ring (bicyclic) bond motifs is 3. The fourth-order valence-corrected chi connectivity index (χ4v) is 7.35. The molecular formula is C25H28N8O2S. The lowest BCUT2D eigenvalue weighted by atomic mass is 9.84. The first-order valence-electron chi connectivity index (χ1n) is 12.2. The second kappa shape index (κ2) is 9.14. The SMILES string of the molecule is Cc1cc(Nc2nc(NC3C[C@H]4CCC[C@@H](C3)N4S(=O)(=O)c3cccnc3)nc3ccccc23)n[nH]1. The Hall–Kier alpha value is -3.57. The van der Waals surface area contributed by atoms with E-state index in [-0.39, 0.29) is 23.0 Å². The molecule has 2 fully saturated rings. The molecule has 10 nitrogen and oxygen atoms in total. The fraction of sp³-hybridized carbons (Fsp3) is 0.360. The number of anilines is 3. The molecule has 6 rings (SSSR count). The summed E-state index contributed by atoms with van der Waals surface area (Å²) in [6, 6.07) is 13.0. The van der Waals surface area contributed by atoms with Crippen LogP contribution in [0.5, 0.6) is 0 Å². The Morgan fingerprint density at radius 3 is 2.58 bits per heavy atom. The highest BCUT2D eigenvalue weighted by Crippen LogP contribution is 2.39. The van der Waals surface area contributed by atoms with Gasteiger partial charge in [-0.15, -0.1) is 0 Å². The molecule has 5 heterocycles. The first-order chi connectivity index (χ1) is 17.5. The van der Waals surface area contributed by atoms with Gasteiger partial charge < -0.3 is 10.6 Å². The van der Waals surface area contributed by atoms with Gasteiger partial charge in [-0.3, -0.25) is 10.1 Å². The Balaban J connectivity index is 1.26. The Morgan fingerprint density at radius 1 is 1.06 bits per heavy atom. The summed E-state index contributed by atoms with van der Waals surface area (Å²) in [4.78, 5) is 13.8. The number of aromatic amines is 1. The number of para-hydroxylation sites is 1. The molecular weight excluding hydrogens is 476 g/mol. The van der Waals surface area contributed by atoms with Crippen molar-refractivity contribution in [1.29, 1.82) is 0 Å². The second-order valence-corrected chi connectivity index (χ2v) is 11.4. The predicted molar refractivity (Wildman–Crippen MR) is 137 cm³/mol. The Bertz CT molecular complexity index is 1480. The van der Waals surface area contributed by atoms with E-state index in [0.29, 0.717) is 30.4 Å². The molecule has 1 aromatic carbocycles. The summed E-state index contributed by atoms with van der Waals surface area (Å²) < 4.78 is 28.6. The monoisotopic (exact) mass is 504 g/mol. The lowest BCUT2D eigenvalue weighted by Gasteiger charge is -2.47. The van der Waals surface area contributed by atoms with E-state index in [4.69, 9.17) is 9.97 Å². The van der Waals surface area contributed by atoms with Crippen LogP contribution in [0.1, 0.15) is 37.8 Å². The number of benzene rings is 1. The van der Waals surface area contributed by atoms with E-state index in [1.165, 1.54) is 6.20 Å². The number of hydrogen-bond donors (Lipinski definition) is 3. The number of sulfonamides is 1. The minimum absolute atomic E-state index is 0.0645. The van der Waals surface area contributed by atoms with Crippen LogP contribution in [0.15, 0.2) is 59.8 Å². The van der Waals surface area contributed by atoms with E-state index in [9.17, 15) is 8.42 Å². The number of aromatic nitrogens is 5. The van der Waals surface area contributed by atoms with Gasteiger partial charge in [0.1, 0.15) is 10.7 Å². The molecule has 2 saturated heterocycles. The van der Waals surface area contributed by atoms with Crippen molar-refractivity contribution in [2.75, 3.05) is 10.6 Å². The molecule has 1 unspecified atom stereocenters. The second-order valence-electron chi connectivity index (χ2n) is 9.55. The van der Waals surface area contributed by atoms with Crippen molar-refractivity contribution in [3.63, 3.8) is 0 Å². The van der Waals surface area contributed by atoms with Crippen LogP contribution in [0.25, 0.3) is 10.9 Å². The van der Waals surface area contributed by atoms with Crippen LogP contribution in [0, 0.1) is 6.92 Å². The molecule has 0 radical (unpaired) electrons. The van der Waals surface area contributed by atoms with Crippen molar-refractivity contribution < 1.29 is 8.42 Å². The molecule has 3 aromatic heterocycles. The number of hydrogen-bond acceptors (Lipinski definition) is 8. The Labute approximate surface area is 209 Å². The molecule has 2 bridgehead atoms. The molecule has 2 aliphatic heterocycles. The molecule has 186 valence electrons. The maximum absolute atomic E-state index is 13.5. The molecule has 0 amide bonds. The van der Waals surface area contributed by atoms with Crippen LogP contribution in [-0.4, -0.2) is 56.0 Å². The van der Waals surface area contributed by atoms with Gasteiger partial charge in [0, 0.05) is 47.7 Å². The molecule has 0 aliphatic carbocycles. The zero-order valence-electron chi connectivity index (χ0n) is 19.9. The minimum Gasteiger partial charge on any atom is -0.351 e. The third kappa shape index (κ3) is 4.28. The molecule has 36 heavy (non-hydrogen) atoms. The molecule has 3 N–H and O–H groups in total. The zero-order valence-corrected chi connectivity index (χ0v) is 20.7. The van der Waals surface area contributed by atoms with Crippen molar-refractivity contribution >= 4 is 38.5 Å². The molecule has 11 heteroatoms. The lowest BCUT2D eigenvalue weighted by Crippen LogP contribution is -2.57. The van der Waals surface area contributed by atoms with Gasteiger partial charge in [0.15, 0.2) is 5.82 Å². The van der Waals surface area contributed by atoms with Gasteiger partial charge in [-0.2, -0.15) is 14.4 Å². The summed E-state index contributed by atoms with van der Waals surface area (Å²) in [7, 11) is -3.59. The van der Waals surface area contributed by atoms with Crippen LogP contribution in [-0.2, 0) is 10.0 Å². The Kier molecular flexibility index (Phi) is 5.81. The standard InChI is InChI=1S/C25H28N8O2S/c1-16-12-23(32-31-16)29-24-21-9-2-3-10-22(21)28-25(30-24)27-17-13-18-6-4-7-19(14-17)33(18)36(34,35)20-8-5-11-26-15-20/h2-3,5,8-12,15,17-19H,4,6-7,13-14H2,1H3,(H3,27,28,29,30,31,32)/t17?,18-,19+. The smallest absolute Gasteiger partial charge is 0.245 e. The number of pyridine rings is 1. The van der Waals surface area contributed by atoms with Crippen molar-refractivity contribution in [1.82, 2.24) is 29.5 Å². The van der Waals surface area contributed by atoms with Gasteiger partial charge in [-0.1, -0.05) is 18.6 Å². The maximum Gasteiger partial charge on any atom is 0.245 e. The highest BCUT2D eigenvalue weighted by atomic mass is 32.2. The summed E-state index contributed by atoms with van der Waals surface area (Å²) in [6.45, 7) is 1.95. The van der Waals surface area contributed by atoms with E-state index < -0.39 is 10.0 Å². The number of piperidine rings is 2. The predicted octanol–water partition coefficient (Wildman–Crippen LogP) is 3.99. The summed E-state index contributed by atoms with van der Waals surface area (Å²) in [5.74, 6) is 1.88. The van der Waals surface area contributed by atoms with Gasteiger partial charge in [-0.05, 0) is 56.9 Å². The van der Waals surface area contributed by atoms with Crippen LogP contribution < -0.4 is 10.6 Å². The van der Waals surface area contributed by atoms with Gasteiger partial charge >= 0.3 is 0 Å². The van der Waals surface area contributed by atoms with Crippen molar-refractivity contribution in [2.24, 2.45) is 0 Å². The molecule has 3 atom stereocenters. The maximum atomic E-state index is 13.5. The number of nitrogens with zero attached hydrogens (tertiary/aromatic N) is 5. The largest absolute Gasteiger partial charge is 0.351 e. The number of nitrogens with one attached hydrogen (secondary N) is 3. The van der Waals surface area contributed by atoms with Gasteiger partial charge in [0.2, 0.25) is 16.0 Å². The first-order valence-corrected chi connectivity index (χ1v) is 13.7. The van der Waals surface area contributed by atoms with Gasteiger partial charge in [-0.25, -0.2) is 13.4 Å². The highest BCUT2D eigenvalue weighted by Gasteiger charge is 2.45. The summed E-state index contributed by atoms with van der Waals surface area (Å²) in [6.07, 6.45) is 7.16. The summed E-state index contributed by atoms with van der Waals surface area (Å²) in [5, 5.41) is 14.9. The van der Waals surface area contributed by atoms with Crippen LogP contribution in [0.3, 0.4) is 0 Å². The van der Waals surface area contributed by atoms with Crippen LogP contribution in [0.4, 0.5) is 17.6 Å². The van der Waals surface area contributed by atoms with E-state index >= 15 is 0 Å². The average Bonchev–Trinajstić information content (AvgIpc) is 3.28. The van der Waals surface area contributed by atoms with Gasteiger partial charge in [0.05, 0.1) is 5.52 Å². The van der Waals surface area contributed by atoms with E-state index in [1.807, 2.05) is 37.3 Å². The van der Waals surface area contributed by atoms with E-state index in [2.05, 4.69) is 25.8 Å². The molecule has 0 saturated carbocycles. The normalized spacial score (nSPS) is 22.4. The number of H-pyrrole nitrogens is 1. The number of aryl methyl sites for hydroxylation is 1. The van der Waals surface area contributed by atoms with Crippen molar-refractivity contribution in [3.8, 4) is 0 Å². The lowest BCUT2D eigenvalue weighted by molar-refractivity contribution is 0.115.